The number of benzene rings is 3. The number of nitrogens with zero attached hydrogens (tertiary/aromatic N) is 2. The monoisotopic (exact) mass is 431 g/mol. The number of anilines is 3. The Labute approximate surface area is 187 Å². The van der Waals surface area contributed by atoms with E-state index in [9.17, 15) is 14.4 Å². The Morgan fingerprint density at radius 2 is 1.34 bits per heavy atom. The molecule has 1 N–H and O–H groups in total. The van der Waals surface area contributed by atoms with E-state index in [2.05, 4.69) is 5.32 Å². The van der Waals surface area contributed by atoms with Crippen molar-refractivity contribution in [3.63, 3.8) is 0 Å². The molecule has 0 saturated heterocycles. The predicted octanol–water partition coefficient (Wildman–Crippen LogP) is 3.82. The molecule has 0 aliphatic rings. The van der Waals surface area contributed by atoms with Gasteiger partial charge in [0.1, 0.15) is 0 Å². The van der Waals surface area contributed by atoms with Crippen LogP contribution in [0.15, 0.2) is 78.9 Å². The number of hydrogen-bond acceptors (Lipinski definition) is 5. The maximum Gasteiger partial charge on any atom is 0.339 e. The van der Waals surface area contributed by atoms with Gasteiger partial charge >= 0.3 is 5.97 Å². The molecule has 0 aliphatic heterocycles. The predicted molar refractivity (Wildman–Crippen MR) is 125 cm³/mol. The Kier molecular flexibility index (Phi) is 7.23. The van der Waals surface area contributed by atoms with Crippen molar-refractivity contribution in [3.05, 3.63) is 90.0 Å². The third-order valence-electron chi connectivity index (χ3n) is 4.83. The zero-order valence-corrected chi connectivity index (χ0v) is 18.2. The first-order valence-electron chi connectivity index (χ1n) is 10.0. The van der Waals surface area contributed by atoms with Gasteiger partial charge in [0.15, 0.2) is 6.61 Å². The summed E-state index contributed by atoms with van der Waals surface area (Å²) in [6.07, 6.45) is 0. The van der Waals surface area contributed by atoms with Gasteiger partial charge in [0.05, 0.1) is 11.1 Å². The number of hydrogen-bond donors (Lipinski definition) is 1. The minimum Gasteiger partial charge on any atom is -0.452 e. The minimum absolute atomic E-state index is 0.100. The number of carbonyl (C=O) groups excluding carboxylic acids is 3. The van der Waals surface area contributed by atoms with Crippen LogP contribution in [0.1, 0.15) is 20.7 Å². The van der Waals surface area contributed by atoms with Crippen LogP contribution in [0.3, 0.4) is 0 Å². The first-order valence-corrected chi connectivity index (χ1v) is 10.0. The van der Waals surface area contributed by atoms with Crippen LogP contribution in [0.25, 0.3) is 0 Å². The van der Waals surface area contributed by atoms with E-state index >= 15 is 0 Å². The smallest absolute Gasteiger partial charge is 0.339 e. The number of amides is 2. The lowest BCUT2D eigenvalue weighted by Gasteiger charge is -2.18. The number of ether oxygens (including phenoxy) is 1. The lowest BCUT2D eigenvalue weighted by molar-refractivity contribution is -0.119. The summed E-state index contributed by atoms with van der Waals surface area (Å²) in [6, 6.07) is 22.8. The number of rotatable bonds is 7. The van der Waals surface area contributed by atoms with Gasteiger partial charge in [0.25, 0.3) is 11.8 Å². The van der Waals surface area contributed by atoms with Gasteiger partial charge in [0.2, 0.25) is 0 Å². The molecule has 7 heteroatoms. The first kappa shape index (κ1) is 22.6. The van der Waals surface area contributed by atoms with Crippen molar-refractivity contribution >= 4 is 34.8 Å². The maximum atomic E-state index is 13.0. The van der Waals surface area contributed by atoms with Crippen LogP contribution >= 0.6 is 0 Å². The van der Waals surface area contributed by atoms with Crippen LogP contribution in [0.4, 0.5) is 17.1 Å². The molecule has 0 spiro atoms. The molecule has 3 aromatic carbocycles. The van der Waals surface area contributed by atoms with E-state index in [1.165, 1.54) is 11.0 Å². The highest BCUT2D eigenvalue weighted by Crippen LogP contribution is 2.19. The van der Waals surface area contributed by atoms with Crippen LogP contribution in [0.2, 0.25) is 0 Å². The summed E-state index contributed by atoms with van der Waals surface area (Å²) in [5.41, 5.74) is 2.58. The third kappa shape index (κ3) is 5.51. The van der Waals surface area contributed by atoms with Gasteiger partial charge in [0, 0.05) is 38.2 Å². The number of para-hydroxylation sites is 1. The molecule has 0 aromatic heterocycles. The quantitative estimate of drug-likeness (QED) is 0.576. The van der Waals surface area contributed by atoms with Crippen molar-refractivity contribution < 1.29 is 19.1 Å². The second-order valence-electron chi connectivity index (χ2n) is 7.31. The second kappa shape index (κ2) is 10.3. The van der Waals surface area contributed by atoms with Crippen molar-refractivity contribution in [2.24, 2.45) is 0 Å². The SMILES string of the molecule is CN(C)c1ccc(NC(=O)COC(=O)c2ccccc2C(=O)N(C)c2ccccc2)cc1. The summed E-state index contributed by atoms with van der Waals surface area (Å²) in [4.78, 5) is 41.2. The molecule has 0 saturated carbocycles. The molecule has 0 atom stereocenters. The Bertz CT molecular complexity index is 1100. The van der Waals surface area contributed by atoms with Crippen molar-refractivity contribution in [1.82, 2.24) is 0 Å². The van der Waals surface area contributed by atoms with E-state index in [1.54, 1.807) is 49.5 Å². The molecule has 7 nitrogen and oxygen atoms in total. The third-order valence-corrected chi connectivity index (χ3v) is 4.83. The standard InChI is InChI=1S/C25H25N3O4/c1-27(2)19-15-13-18(14-16-19)26-23(29)17-32-25(31)22-12-8-7-11-21(22)24(30)28(3)20-9-5-4-6-10-20/h4-16H,17H2,1-3H3,(H,26,29). The molecular weight excluding hydrogens is 406 g/mol. The molecule has 164 valence electrons. The van der Waals surface area contributed by atoms with Gasteiger partial charge in [-0.05, 0) is 48.5 Å². The molecule has 0 fully saturated rings. The molecule has 0 radical (unpaired) electrons. The highest BCUT2D eigenvalue weighted by atomic mass is 16.5. The van der Waals surface area contributed by atoms with Crippen molar-refractivity contribution in [2.75, 3.05) is 42.9 Å². The van der Waals surface area contributed by atoms with Crippen LogP contribution in [-0.4, -0.2) is 45.5 Å². The highest BCUT2D eigenvalue weighted by molar-refractivity contribution is 6.12. The lowest BCUT2D eigenvalue weighted by atomic mass is 10.1. The summed E-state index contributed by atoms with van der Waals surface area (Å²) in [5, 5.41) is 2.68. The van der Waals surface area contributed by atoms with E-state index in [0.717, 1.165) is 5.69 Å². The van der Waals surface area contributed by atoms with Crippen LogP contribution in [-0.2, 0) is 9.53 Å². The first-order chi connectivity index (χ1) is 15.4. The van der Waals surface area contributed by atoms with Crippen molar-refractivity contribution in [3.8, 4) is 0 Å². The van der Waals surface area contributed by atoms with Gasteiger partial charge in [-0.15, -0.1) is 0 Å². The van der Waals surface area contributed by atoms with Crippen molar-refractivity contribution in [1.29, 1.82) is 0 Å². The summed E-state index contributed by atoms with van der Waals surface area (Å²) < 4.78 is 5.17. The largest absolute Gasteiger partial charge is 0.452 e. The Hall–Kier alpha value is -4.13. The van der Waals surface area contributed by atoms with Gasteiger partial charge in [-0.3, -0.25) is 9.59 Å². The van der Waals surface area contributed by atoms with Gasteiger partial charge < -0.3 is 19.9 Å². The molecule has 0 heterocycles. The van der Waals surface area contributed by atoms with Gasteiger partial charge in [-0.2, -0.15) is 0 Å². The molecule has 32 heavy (non-hydrogen) atoms. The molecule has 0 bridgehead atoms. The number of nitrogens with one attached hydrogen (secondary N) is 1. The molecule has 0 unspecified atom stereocenters. The number of esters is 1. The molecule has 3 aromatic rings. The van der Waals surface area contributed by atoms with E-state index in [1.807, 2.05) is 49.3 Å². The molecule has 3 rings (SSSR count). The highest BCUT2D eigenvalue weighted by Gasteiger charge is 2.22. The zero-order chi connectivity index (χ0) is 23.1. The minimum atomic E-state index is -0.742. The molecule has 0 aliphatic carbocycles. The van der Waals surface area contributed by atoms with Gasteiger partial charge in [-0.1, -0.05) is 30.3 Å². The zero-order valence-electron chi connectivity index (χ0n) is 18.2. The Balaban J connectivity index is 1.64. The van der Waals surface area contributed by atoms with E-state index in [4.69, 9.17) is 4.74 Å². The number of carbonyl (C=O) groups is 3. The molecular formula is C25H25N3O4. The Morgan fingerprint density at radius 1 is 0.750 bits per heavy atom. The Morgan fingerprint density at radius 3 is 1.97 bits per heavy atom. The summed E-state index contributed by atoms with van der Waals surface area (Å²) in [7, 11) is 5.48. The van der Waals surface area contributed by atoms with Crippen LogP contribution in [0.5, 0.6) is 0 Å². The van der Waals surface area contributed by atoms with E-state index < -0.39 is 18.5 Å². The van der Waals surface area contributed by atoms with Crippen LogP contribution < -0.4 is 15.1 Å². The fourth-order valence-corrected chi connectivity index (χ4v) is 3.05. The van der Waals surface area contributed by atoms with Crippen molar-refractivity contribution in [2.45, 2.75) is 0 Å². The average molecular weight is 431 g/mol. The van der Waals surface area contributed by atoms with Gasteiger partial charge in [-0.25, -0.2) is 4.79 Å². The van der Waals surface area contributed by atoms with Crippen LogP contribution in [0, 0.1) is 0 Å². The summed E-state index contributed by atoms with van der Waals surface area (Å²) >= 11 is 0. The normalized spacial score (nSPS) is 10.2. The fraction of sp³-hybridized carbons (Fsp3) is 0.160. The summed E-state index contributed by atoms with van der Waals surface area (Å²) in [5.74, 6) is -1.57. The molecule has 2 amide bonds. The summed E-state index contributed by atoms with van der Waals surface area (Å²) in [6.45, 7) is -0.467. The van der Waals surface area contributed by atoms with E-state index in [0.29, 0.717) is 11.4 Å². The second-order valence-corrected chi connectivity index (χ2v) is 7.31. The van der Waals surface area contributed by atoms with E-state index in [-0.39, 0.29) is 17.0 Å². The fourth-order valence-electron chi connectivity index (χ4n) is 3.05. The maximum absolute atomic E-state index is 13.0. The average Bonchev–Trinajstić information content (AvgIpc) is 2.82. The topological polar surface area (TPSA) is 79.0 Å². The lowest BCUT2D eigenvalue weighted by Crippen LogP contribution is -2.28.